The Balaban J connectivity index is 1.86. The van der Waals surface area contributed by atoms with Gasteiger partial charge in [0.25, 0.3) is 0 Å². The molecule has 0 aromatic heterocycles. The molecule has 0 saturated carbocycles. The van der Waals surface area contributed by atoms with Crippen LogP contribution in [0.3, 0.4) is 0 Å². The number of amidine groups is 1. The van der Waals surface area contributed by atoms with Gasteiger partial charge in [0.1, 0.15) is 5.75 Å². The first-order chi connectivity index (χ1) is 14.8. The van der Waals surface area contributed by atoms with Gasteiger partial charge in [-0.1, -0.05) is 17.7 Å². The van der Waals surface area contributed by atoms with Gasteiger partial charge in [-0.2, -0.15) is 0 Å². The number of hydrogen-bond acceptors (Lipinski definition) is 8. The van der Waals surface area contributed by atoms with Crippen molar-refractivity contribution in [1.29, 1.82) is 0 Å². The van der Waals surface area contributed by atoms with Crippen molar-refractivity contribution >= 4 is 33.0 Å². The van der Waals surface area contributed by atoms with Gasteiger partial charge in [0.15, 0.2) is 9.84 Å². The average Bonchev–Trinajstić information content (AvgIpc) is 3.08. The molecule has 0 spiro atoms. The third-order valence-corrected chi connectivity index (χ3v) is 7.18. The molecule has 0 radical (unpaired) electrons. The predicted octanol–water partition coefficient (Wildman–Crippen LogP) is 2.37. The molecular weight excluding hydrogens is 418 g/mol. The number of esters is 1. The maximum absolute atomic E-state index is 12.9. The first-order valence-corrected chi connectivity index (χ1v) is 11.9. The van der Waals surface area contributed by atoms with E-state index in [2.05, 4.69) is 5.10 Å². The summed E-state index contributed by atoms with van der Waals surface area (Å²) in [6, 6.07) is 13.8. The quantitative estimate of drug-likeness (QED) is 0.656. The van der Waals surface area contributed by atoms with E-state index in [-0.39, 0.29) is 23.9 Å². The summed E-state index contributed by atoms with van der Waals surface area (Å²) < 4.78 is 35.8. The Kier molecular flexibility index (Phi) is 5.62. The summed E-state index contributed by atoms with van der Waals surface area (Å²) in [6.45, 7) is 3.88. The summed E-state index contributed by atoms with van der Waals surface area (Å²) in [5.41, 5.74) is 2.45. The molecule has 2 aliphatic heterocycles. The number of anilines is 2. The maximum Gasteiger partial charge on any atom is 0.376 e. The van der Waals surface area contributed by atoms with E-state index in [1.165, 1.54) is 0 Å². The molecule has 2 heterocycles. The number of aryl methyl sites for hydroxylation is 1. The first kappa shape index (κ1) is 21.2. The Morgan fingerprint density at radius 2 is 1.65 bits per heavy atom. The molecule has 4 rings (SSSR count). The molecule has 0 unspecified atom stereocenters. The number of hydrazone groups is 1. The zero-order valence-electron chi connectivity index (χ0n) is 17.7. The van der Waals surface area contributed by atoms with Crippen LogP contribution in [0.4, 0.5) is 11.4 Å². The number of rotatable bonds is 5. The highest BCUT2D eigenvalue weighted by Gasteiger charge is 2.50. The van der Waals surface area contributed by atoms with Gasteiger partial charge in [-0.25, -0.2) is 13.2 Å². The Morgan fingerprint density at radius 3 is 2.26 bits per heavy atom. The maximum atomic E-state index is 12.9. The molecule has 2 aromatic carbocycles. The van der Waals surface area contributed by atoms with E-state index in [0.29, 0.717) is 17.1 Å². The highest BCUT2D eigenvalue weighted by Crippen LogP contribution is 2.35. The highest BCUT2D eigenvalue weighted by atomic mass is 32.2. The minimum Gasteiger partial charge on any atom is -0.497 e. The van der Waals surface area contributed by atoms with Crippen LogP contribution in [0.2, 0.25) is 0 Å². The third kappa shape index (κ3) is 4.10. The van der Waals surface area contributed by atoms with Crippen molar-refractivity contribution in [3.05, 3.63) is 54.1 Å². The van der Waals surface area contributed by atoms with Gasteiger partial charge in [-0.3, -0.25) is 5.01 Å². The van der Waals surface area contributed by atoms with Gasteiger partial charge >= 0.3 is 5.97 Å². The Hall–Kier alpha value is -3.07. The molecule has 0 aliphatic carbocycles. The third-order valence-electron chi connectivity index (χ3n) is 5.48. The number of ether oxygens (including phenoxy) is 2. The number of methoxy groups -OCH3 is 1. The van der Waals surface area contributed by atoms with E-state index in [1.54, 1.807) is 48.2 Å². The van der Waals surface area contributed by atoms with Crippen LogP contribution >= 0.6 is 0 Å². The van der Waals surface area contributed by atoms with E-state index in [0.717, 1.165) is 5.56 Å². The largest absolute Gasteiger partial charge is 0.497 e. The second-order valence-corrected chi connectivity index (χ2v) is 9.76. The van der Waals surface area contributed by atoms with Crippen LogP contribution in [0.15, 0.2) is 53.6 Å². The zero-order valence-corrected chi connectivity index (χ0v) is 18.5. The van der Waals surface area contributed by atoms with Gasteiger partial charge in [0.2, 0.25) is 5.84 Å². The van der Waals surface area contributed by atoms with Gasteiger partial charge in [0, 0.05) is 5.69 Å². The zero-order chi connectivity index (χ0) is 22.2. The molecule has 1 saturated heterocycles. The van der Waals surface area contributed by atoms with E-state index < -0.39 is 27.9 Å². The molecular formula is C22H25N3O5S. The van der Waals surface area contributed by atoms with Crippen molar-refractivity contribution in [1.82, 2.24) is 0 Å². The highest BCUT2D eigenvalue weighted by molar-refractivity contribution is 7.91. The van der Waals surface area contributed by atoms with Crippen LogP contribution < -0.4 is 14.6 Å². The van der Waals surface area contributed by atoms with Gasteiger partial charge in [-0.05, 0) is 50.2 Å². The molecule has 0 amide bonds. The van der Waals surface area contributed by atoms with E-state index in [1.807, 2.05) is 31.2 Å². The molecule has 0 bridgehead atoms. The van der Waals surface area contributed by atoms with Crippen LogP contribution in [0, 0.1) is 6.92 Å². The first-order valence-electron chi connectivity index (χ1n) is 10.1. The molecule has 9 heteroatoms. The van der Waals surface area contributed by atoms with Crippen molar-refractivity contribution in [2.75, 3.05) is 35.1 Å². The number of carbonyl (C=O) groups is 1. The summed E-state index contributed by atoms with van der Waals surface area (Å²) in [6.07, 6.45) is 0. The number of fused-ring (bicyclic) bond motifs is 1. The normalized spacial score (nSPS) is 22.0. The van der Waals surface area contributed by atoms with Gasteiger partial charge in [-0.15, -0.1) is 5.10 Å². The molecule has 2 aliphatic rings. The van der Waals surface area contributed by atoms with E-state index >= 15 is 0 Å². The van der Waals surface area contributed by atoms with Crippen LogP contribution in [0.5, 0.6) is 5.75 Å². The summed E-state index contributed by atoms with van der Waals surface area (Å²) in [5, 5.41) is 6.24. The molecule has 164 valence electrons. The summed E-state index contributed by atoms with van der Waals surface area (Å²) in [4.78, 5) is 14.6. The standard InChI is InChI=1S/C22H25N3O5S/c1-4-30-22(26)21-23-25(17-9-11-18(29-3)12-10-17)20-14-31(27,28)13-19(20)24(21)16-7-5-15(2)6-8-16/h5-12,19-20H,4,13-14H2,1-3H3/t19-,20-/m1/s1. The predicted molar refractivity (Wildman–Crippen MR) is 119 cm³/mol. The Morgan fingerprint density at radius 1 is 1.03 bits per heavy atom. The van der Waals surface area contributed by atoms with Crippen LogP contribution in [-0.2, 0) is 19.4 Å². The molecule has 2 atom stereocenters. The van der Waals surface area contributed by atoms with Crippen molar-refractivity contribution in [2.24, 2.45) is 5.10 Å². The van der Waals surface area contributed by atoms with E-state index in [4.69, 9.17) is 9.47 Å². The molecule has 2 aromatic rings. The average molecular weight is 444 g/mol. The van der Waals surface area contributed by atoms with Gasteiger partial charge < -0.3 is 14.4 Å². The number of benzene rings is 2. The lowest BCUT2D eigenvalue weighted by molar-refractivity contribution is -0.135. The second-order valence-electron chi connectivity index (χ2n) is 7.60. The SMILES string of the molecule is CCOC(=O)C1=NN(c2ccc(OC)cc2)[C@@H]2CS(=O)(=O)C[C@H]2N1c1ccc(C)cc1. The number of nitrogens with zero attached hydrogens (tertiary/aromatic N) is 3. The molecule has 31 heavy (non-hydrogen) atoms. The smallest absolute Gasteiger partial charge is 0.376 e. The number of hydrogen-bond donors (Lipinski definition) is 0. The minimum absolute atomic E-state index is 0.0499. The van der Waals surface area contributed by atoms with Crippen molar-refractivity contribution in [2.45, 2.75) is 25.9 Å². The molecule has 8 nitrogen and oxygen atoms in total. The number of sulfone groups is 1. The Bertz CT molecular complexity index is 1100. The lowest BCUT2D eigenvalue weighted by Crippen LogP contribution is -2.59. The monoisotopic (exact) mass is 443 g/mol. The van der Waals surface area contributed by atoms with Crippen molar-refractivity contribution in [3.8, 4) is 5.75 Å². The molecule has 0 N–H and O–H groups in total. The van der Waals surface area contributed by atoms with Crippen molar-refractivity contribution < 1.29 is 22.7 Å². The Labute approximate surface area is 182 Å². The fraction of sp³-hybridized carbons (Fsp3) is 0.364. The fourth-order valence-corrected chi connectivity index (χ4v) is 5.92. The second kappa shape index (κ2) is 8.22. The lowest BCUT2D eigenvalue weighted by atomic mass is 10.1. The summed E-state index contributed by atoms with van der Waals surface area (Å²) in [5.74, 6) is 0.0267. The summed E-state index contributed by atoms with van der Waals surface area (Å²) in [7, 11) is -1.75. The van der Waals surface area contributed by atoms with E-state index in [9.17, 15) is 13.2 Å². The van der Waals surface area contributed by atoms with Crippen LogP contribution in [0.1, 0.15) is 12.5 Å². The fourth-order valence-electron chi connectivity index (χ4n) is 4.01. The van der Waals surface area contributed by atoms with Crippen molar-refractivity contribution in [3.63, 3.8) is 0 Å². The summed E-state index contributed by atoms with van der Waals surface area (Å²) >= 11 is 0. The van der Waals surface area contributed by atoms with Gasteiger partial charge in [0.05, 0.1) is 43.0 Å². The van der Waals surface area contributed by atoms with Crippen LogP contribution in [0.25, 0.3) is 0 Å². The lowest BCUT2D eigenvalue weighted by Gasteiger charge is -2.42. The molecule has 1 fully saturated rings. The topological polar surface area (TPSA) is 88.5 Å². The number of carbonyl (C=O) groups excluding carboxylic acids is 1. The van der Waals surface area contributed by atoms with Crippen LogP contribution in [-0.4, -0.2) is 57.5 Å². The minimum atomic E-state index is -3.33.